The van der Waals surface area contributed by atoms with E-state index in [1.807, 2.05) is 24.3 Å². The first kappa shape index (κ1) is 16.1. The van der Waals surface area contributed by atoms with Crippen molar-refractivity contribution in [3.8, 4) is 0 Å². The van der Waals surface area contributed by atoms with Crippen LogP contribution in [0.1, 0.15) is 15.9 Å². The molecule has 1 amide bonds. The molecular weight excluding hydrogens is 340 g/mol. The third-order valence-electron chi connectivity index (χ3n) is 5.63. The Morgan fingerprint density at radius 1 is 0.963 bits per heavy atom. The fourth-order valence-corrected chi connectivity index (χ4v) is 4.20. The van der Waals surface area contributed by atoms with Crippen LogP contribution in [0.3, 0.4) is 0 Å². The van der Waals surface area contributed by atoms with Crippen LogP contribution in [0.15, 0.2) is 53.7 Å². The highest BCUT2D eigenvalue weighted by Crippen LogP contribution is 2.24. The van der Waals surface area contributed by atoms with E-state index in [9.17, 15) is 9.59 Å². The lowest BCUT2D eigenvalue weighted by atomic mass is 10.1. The molecule has 0 unspecified atom stereocenters. The van der Waals surface area contributed by atoms with Crippen molar-refractivity contribution in [2.45, 2.75) is 13.0 Å². The molecule has 2 aliphatic rings. The fourth-order valence-electron chi connectivity index (χ4n) is 4.20. The van der Waals surface area contributed by atoms with Gasteiger partial charge in [-0.1, -0.05) is 12.1 Å². The number of carbonyl (C=O) groups excluding carboxylic acids is 1. The Kier molecular flexibility index (Phi) is 3.70. The number of benzene rings is 1. The van der Waals surface area contributed by atoms with Crippen molar-refractivity contribution in [3.05, 3.63) is 70.3 Å². The zero-order valence-corrected chi connectivity index (χ0v) is 15.0. The van der Waals surface area contributed by atoms with Crippen LogP contribution in [-0.2, 0) is 13.0 Å². The smallest absolute Gasteiger partial charge is 0.259 e. The Labute approximate surface area is 156 Å². The van der Waals surface area contributed by atoms with E-state index in [0.29, 0.717) is 24.0 Å². The van der Waals surface area contributed by atoms with Gasteiger partial charge in [0.15, 0.2) is 0 Å². The minimum absolute atomic E-state index is 0.147. The molecular formula is C21H20N4O2. The number of pyridine rings is 2. The molecule has 1 aromatic carbocycles. The van der Waals surface area contributed by atoms with Crippen LogP contribution in [0.25, 0.3) is 10.9 Å². The van der Waals surface area contributed by atoms with Crippen molar-refractivity contribution in [1.29, 1.82) is 0 Å². The molecule has 2 aliphatic heterocycles. The van der Waals surface area contributed by atoms with Crippen LogP contribution < -0.4 is 10.3 Å². The highest BCUT2D eigenvalue weighted by molar-refractivity contribution is 5.98. The van der Waals surface area contributed by atoms with Crippen LogP contribution in [0.4, 0.5) is 5.69 Å². The van der Waals surface area contributed by atoms with E-state index in [4.69, 9.17) is 0 Å². The minimum atomic E-state index is -0.155. The predicted octanol–water partition coefficient (Wildman–Crippen LogP) is 1.91. The molecule has 2 aromatic heterocycles. The summed E-state index contributed by atoms with van der Waals surface area (Å²) in [6.07, 6.45) is 6.23. The molecule has 136 valence electrons. The summed E-state index contributed by atoms with van der Waals surface area (Å²) in [6, 6.07) is 9.77. The molecule has 6 heteroatoms. The normalized spacial score (nSPS) is 16.1. The van der Waals surface area contributed by atoms with Gasteiger partial charge in [0.1, 0.15) is 5.56 Å². The summed E-state index contributed by atoms with van der Waals surface area (Å²) in [7, 11) is 0. The lowest BCUT2D eigenvalue weighted by Gasteiger charge is -2.36. The molecule has 0 radical (unpaired) electrons. The van der Waals surface area contributed by atoms with E-state index < -0.39 is 0 Å². The van der Waals surface area contributed by atoms with Crippen molar-refractivity contribution in [3.63, 3.8) is 0 Å². The first-order chi connectivity index (χ1) is 13.2. The molecule has 4 heterocycles. The summed E-state index contributed by atoms with van der Waals surface area (Å²) in [5.41, 5.74) is 3.44. The van der Waals surface area contributed by atoms with Crippen LogP contribution in [0.2, 0.25) is 0 Å². The molecule has 3 aromatic rings. The second-order valence-corrected chi connectivity index (χ2v) is 7.11. The highest BCUT2D eigenvalue weighted by Gasteiger charge is 2.26. The van der Waals surface area contributed by atoms with E-state index in [-0.39, 0.29) is 11.3 Å². The van der Waals surface area contributed by atoms with Crippen LogP contribution >= 0.6 is 0 Å². The van der Waals surface area contributed by atoms with E-state index in [0.717, 1.165) is 37.3 Å². The van der Waals surface area contributed by atoms with Gasteiger partial charge >= 0.3 is 0 Å². The van der Waals surface area contributed by atoms with Crippen molar-refractivity contribution in [1.82, 2.24) is 14.5 Å². The van der Waals surface area contributed by atoms with Gasteiger partial charge in [-0.25, -0.2) is 0 Å². The van der Waals surface area contributed by atoms with Gasteiger partial charge in [-0.15, -0.1) is 0 Å². The van der Waals surface area contributed by atoms with Crippen LogP contribution in [0.5, 0.6) is 0 Å². The molecule has 0 saturated carbocycles. The van der Waals surface area contributed by atoms with Gasteiger partial charge in [0, 0.05) is 62.4 Å². The lowest BCUT2D eigenvalue weighted by molar-refractivity contribution is 0.0745. The number of amides is 1. The summed E-state index contributed by atoms with van der Waals surface area (Å²) in [6.45, 7) is 3.55. The largest absolute Gasteiger partial charge is 0.368 e. The zero-order chi connectivity index (χ0) is 18.4. The molecule has 27 heavy (non-hydrogen) atoms. The number of para-hydroxylation sites is 1. The molecule has 1 fully saturated rings. The summed E-state index contributed by atoms with van der Waals surface area (Å²) in [4.78, 5) is 34.1. The van der Waals surface area contributed by atoms with Crippen molar-refractivity contribution >= 4 is 22.5 Å². The number of carbonyl (C=O) groups is 1. The topological polar surface area (TPSA) is 58.4 Å². The third-order valence-corrected chi connectivity index (χ3v) is 5.63. The van der Waals surface area contributed by atoms with Gasteiger partial charge in [0.05, 0.1) is 5.52 Å². The Morgan fingerprint density at radius 2 is 1.74 bits per heavy atom. The maximum atomic E-state index is 13.1. The molecule has 1 saturated heterocycles. The minimum Gasteiger partial charge on any atom is -0.368 e. The summed E-state index contributed by atoms with van der Waals surface area (Å²) in [5.74, 6) is -0.155. The number of rotatable bonds is 2. The average Bonchev–Trinajstić information content (AvgIpc) is 3.15. The summed E-state index contributed by atoms with van der Waals surface area (Å²) < 4.78 is 2.06. The van der Waals surface area contributed by atoms with Crippen molar-refractivity contribution in [2.24, 2.45) is 0 Å². The van der Waals surface area contributed by atoms with E-state index in [1.54, 1.807) is 23.5 Å². The second kappa shape index (κ2) is 6.23. The van der Waals surface area contributed by atoms with Gasteiger partial charge < -0.3 is 14.4 Å². The van der Waals surface area contributed by atoms with E-state index in [2.05, 4.69) is 20.5 Å². The quantitative estimate of drug-likeness (QED) is 0.701. The second-order valence-electron chi connectivity index (χ2n) is 7.11. The van der Waals surface area contributed by atoms with Gasteiger partial charge in [-0.3, -0.25) is 14.6 Å². The molecule has 0 atom stereocenters. The van der Waals surface area contributed by atoms with Crippen LogP contribution in [0, 0.1) is 0 Å². The fraction of sp³-hybridized carbons (Fsp3) is 0.286. The van der Waals surface area contributed by atoms with Crippen molar-refractivity contribution in [2.75, 3.05) is 31.1 Å². The summed E-state index contributed by atoms with van der Waals surface area (Å²) in [5, 5.41) is 0.659. The maximum Gasteiger partial charge on any atom is 0.259 e. The lowest BCUT2D eigenvalue weighted by Crippen LogP contribution is -2.49. The zero-order valence-electron chi connectivity index (χ0n) is 15.0. The number of nitrogens with zero attached hydrogens (tertiary/aromatic N) is 4. The first-order valence-corrected chi connectivity index (χ1v) is 9.32. The van der Waals surface area contributed by atoms with Gasteiger partial charge in [-0.2, -0.15) is 0 Å². The number of hydrogen-bond acceptors (Lipinski definition) is 4. The Hall–Kier alpha value is -3.15. The average molecular weight is 360 g/mol. The standard InChI is InChI=1S/C21H20N4O2/c26-20-17-3-1-2-15-6-9-25(19(15)17)14-18(20)21(27)24-12-10-23(11-13-24)16-4-7-22-8-5-16/h1-5,7-8,14H,6,9-13H2. The molecule has 0 bridgehead atoms. The summed E-state index contributed by atoms with van der Waals surface area (Å²) >= 11 is 0. The molecule has 5 rings (SSSR count). The molecule has 0 N–H and O–H groups in total. The number of piperazine rings is 1. The Balaban J connectivity index is 1.41. The first-order valence-electron chi connectivity index (χ1n) is 9.32. The Bertz CT molecular complexity index is 1080. The Morgan fingerprint density at radius 3 is 2.52 bits per heavy atom. The van der Waals surface area contributed by atoms with Crippen molar-refractivity contribution < 1.29 is 4.79 Å². The molecule has 0 spiro atoms. The number of aryl methyl sites for hydroxylation is 2. The maximum absolute atomic E-state index is 13.1. The molecule has 6 nitrogen and oxygen atoms in total. The van der Waals surface area contributed by atoms with Gasteiger partial charge in [0.25, 0.3) is 5.91 Å². The number of aromatic nitrogens is 2. The predicted molar refractivity (Wildman–Crippen MR) is 104 cm³/mol. The van der Waals surface area contributed by atoms with E-state index >= 15 is 0 Å². The molecule has 0 aliphatic carbocycles. The monoisotopic (exact) mass is 360 g/mol. The number of hydrogen-bond donors (Lipinski definition) is 0. The van der Waals surface area contributed by atoms with Crippen LogP contribution in [-0.4, -0.2) is 46.5 Å². The van der Waals surface area contributed by atoms with Gasteiger partial charge in [0.2, 0.25) is 5.43 Å². The number of anilines is 1. The van der Waals surface area contributed by atoms with Gasteiger partial charge in [-0.05, 0) is 30.2 Å². The third kappa shape index (κ3) is 2.60. The SMILES string of the molecule is O=C(c1cn2c3c(cccc3c1=O)CC2)N1CCN(c2ccncc2)CC1. The van der Waals surface area contributed by atoms with E-state index in [1.165, 1.54) is 5.56 Å². The highest BCUT2D eigenvalue weighted by atomic mass is 16.2.